The van der Waals surface area contributed by atoms with Crippen LogP contribution in [0.3, 0.4) is 0 Å². The van der Waals surface area contributed by atoms with Crippen LogP contribution in [0.4, 0.5) is 5.69 Å². The van der Waals surface area contributed by atoms with Crippen LogP contribution in [0.25, 0.3) is 0 Å². The minimum Gasteiger partial charge on any atom is -0.497 e. The summed E-state index contributed by atoms with van der Waals surface area (Å²) < 4.78 is 13.4. The number of aliphatic imine (C=N–C) groups is 1. The first-order valence-corrected chi connectivity index (χ1v) is 8.99. The maximum atomic E-state index is 5.94. The van der Waals surface area contributed by atoms with Crippen molar-refractivity contribution in [1.82, 2.24) is 0 Å². The van der Waals surface area contributed by atoms with Gasteiger partial charge in [-0.2, -0.15) is 0 Å². The summed E-state index contributed by atoms with van der Waals surface area (Å²) in [6.45, 7) is 4.05. The Bertz CT molecular complexity index is 684. The molecule has 0 saturated heterocycles. The highest BCUT2D eigenvalue weighted by atomic mass is 127. The number of halogens is 2. The van der Waals surface area contributed by atoms with Gasteiger partial charge in [0, 0.05) is 21.4 Å². The van der Waals surface area contributed by atoms with Gasteiger partial charge in [-0.3, -0.25) is 4.99 Å². The summed E-state index contributed by atoms with van der Waals surface area (Å²) in [5.74, 6) is 1.67. The lowest BCUT2D eigenvalue weighted by Gasteiger charge is -2.14. The van der Waals surface area contributed by atoms with E-state index >= 15 is 0 Å². The predicted octanol–water partition coefficient (Wildman–Crippen LogP) is 5.44. The second-order valence-electron chi connectivity index (χ2n) is 4.93. The normalized spacial score (nSPS) is 11.2. The molecule has 2 rings (SSSR count). The number of benzene rings is 2. The Hall–Kier alpha value is -0.830. The van der Waals surface area contributed by atoms with Crippen LogP contribution in [0, 0.1) is 7.14 Å². The van der Waals surface area contributed by atoms with E-state index in [9.17, 15) is 0 Å². The summed E-state index contributed by atoms with van der Waals surface area (Å²) in [7, 11) is 1.65. The molecule has 0 saturated carbocycles. The lowest BCUT2D eigenvalue weighted by atomic mass is 10.2. The van der Waals surface area contributed by atoms with Crippen LogP contribution in [-0.4, -0.2) is 19.4 Å². The van der Waals surface area contributed by atoms with Crippen molar-refractivity contribution in [3.8, 4) is 11.5 Å². The van der Waals surface area contributed by atoms with Crippen molar-refractivity contribution in [3.05, 3.63) is 49.1 Å². The van der Waals surface area contributed by atoms with E-state index in [1.807, 2.05) is 44.3 Å². The lowest BCUT2D eigenvalue weighted by molar-refractivity contribution is 0.240. The van der Waals surface area contributed by atoms with E-state index in [2.05, 4.69) is 62.3 Å². The lowest BCUT2D eigenvalue weighted by Crippen LogP contribution is -2.09. The minimum atomic E-state index is 0.123. The van der Waals surface area contributed by atoms with Gasteiger partial charge in [-0.1, -0.05) is 6.07 Å². The van der Waals surface area contributed by atoms with E-state index in [1.54, 1.807) is 7.11 Å². The molecule has 116 valence electrons. The number of ether oxygens (including phenoxy) is 2. The highest BCUT2D eigenvalue weighted by Gasteiger charge is 2.10. The molecule has 0 unspecified atom stereocenters. The van der Waals surface area contributed by atoms with Gasteiger partial charge in [0.1, 0.15) is 11.5 Å². The molecule has 0 amide bonds. The van der Waals surface area contributed by atoms with Gasteiger partial charge in [-0.15, -0.1) is 0 Å². The molecule has 0 aliphatic rings. The Kier molecular flexibility index (Phi) is 6.49. The van der Waals surface area contributed by atoms with Crippen LogP contribution in [0.5, 0.6) is 11.5 Å². The van der Waals surface area contributed by atoms with Gasteiger partial charge in [0.05, 0.1) is 22.5 Å². The molecule has 0 heterocycles. The molecule has 0 radical (unpaired) electrons. The highest BCUT2D eigenvalue weighted by molar-refractivity contribution is 14.1. The molecule has 0 N–H and O–H groups in total. The fourth-order valence-corrected chi connectivity index (χ4v) is 3.89. The molecule has 2 aromatic carbocycles. The first-order chi connectivity index (χ1) is 10.5. The predicted molar refractivity (Wildman–Crippen MR) is 108 cm³/mol. The summed E-state index contributed by atoms with van der Waals surface area (Å²) >= 11 is 4.60. The van der Waals surface area contributed by atoms with E-state index in [0.717, 1.165) is 29.9 Å². The Balaban J connectivity index is 2.36. The molecule has 0 bridgehead atoms. The number of hydrogen-bond donors (Lipinski definition) is 0. The van der Waals surface area contributed by atoms with Crippen LogP contribution in [0.15, 0.2) is 41.4 Å². The number of rotatable bonds is 5. The summed E-state index contributed by atoms with van der Waals surface area (Å²) in [6, 6.07) is 11.8. The van der Waals surface area contributed by atoms with E-state index in [4.69, 9.17) is 9.47 Å². The van der Waals surface area contributed by atoms with E-state index < -0.39 is 0 Å². The Morgan fingerprint density at radius 2 is 1.91 bits per heavy atom. The molecule has 3 nitrogen and oxygen atoms in total. The standard InChI is InChI=1S/C17H17I2NO2/c1-11(2)22-17-12(7-13(18)8-16(17)19)10-20-14-5-4-6-15(9-14)21-3/h4-11H,1-3H3. The van der Waals surface area contributed by atoms with Gasteiger partial charge in [-0.05, 0) is 83.3 Å². The molecule has 0 aliphatic heterocycles. The largest absolute Gasteiger partial charge is 0.497 e. The Morgan fingerprint density at radius 3 is 2.59 bits per heavy atom. The van der Waals surface area contributed by atoms with Crippen molar-refractivity contribution in [1.29, 1.82) is 0 Å². The van der Waals surface area contributed by atoms with Crippen molar-refractivity contribution in [2.24, 2.45) is 4.99 Å². The molecule has 0 spiro atoms. The minimum absolute atomic E-state index is 0.123. The summed E-state index contributed by atoms with van der Waals surface area (Å²) in [4.78, 5) is 4.54. The first-order valence-electron chi connectivity index (χ1n) is 6.83. The molecule has 0 atom stereocenters. The molecule has 0 aliphatic carbocycles. The van der Waals surface area contributed by atoms with Crippen LogP contribution in [0.1, 0.15) is 19.4 Å². The monoisotopic (exact) mass is 521 g/mol. The average Bonchev–Trinajstić information content (AvgIpc) is 2.48. The van der Waals surface area contributed by atoms with Crippen molar-refractivity contribution < 1.29 is 9.47 Å². The maximum absolute atomic E-state index is 5.94. The topological polar surface area (TPSA) is 30.8 Å². The van der Waals surface area contributed by atoms with Gasteiger partial charge in [0.15, 0.2) is 0 Å². The van der Waals surface area contributed by atoms with Crippen molar-refractivity contribution in [3.63, 3.8) is 0 Å². The third kappa shape index (κ3) is 4.84. The average molecular weight is 521 g/mol. The van der Waals surface area contributed by atoms with E-state index in [-0.39, 0.29) is 6.10 Å². The van der Waals surface area contributed by atoms with Gasteiger partial charge < -0.3 is 9.47 Å². The fourth-order valence-electron chi connectivity index (χ4n) is 1.87. The second-order valence-corrected chi connectivity index (χ2v) is 7.34. The van der Waals surface area contributed by atoms with Crippen LogP contribution < -0.4 is 9.47 Å². The number of hydrogen-bond acceptors (Lipinski definition) is 3. The SMILES string of the molecule is COc1cccc(N=Cc2cc(I)cc(I)c2OC(C)C)c1. The van der Waals surface area contributed by atoms with Crippen molar-refractivity contribution >= 4 is 57.1 Å². The molecular formula is C17H17I2NO2. The zero-order chi connectivity index (χ0) is 16.1. The van der Waals surface area contributed by atoms with Crippen LogP contribution in [0.2, 0.25) is 0 Å². The molecule has 0 fully saturated rings. The zero-order valence-corrected chi connectivity index (χ0v) is 17.0. The number of nitrogens with zero attached hydrogens (tertiary/aromatic N) is 1. The van der Waals surface area contributed by atoms with Gasteiger partial charge >= 0.3 is 0 Å². The number of methoxy groups -OCH3 is 1. The highest BCUT2D eigenvalue weighted by Crippen LogP contribution is 2.29. The Morgan fingerprint density at radius 1 is 1.14 bits per heavy atom. The van der Waals surface area contributed by atoms with Crippen LogP contribution >= 0.6 is 45.2 Å². The summed E-state index contributed by atoms with van der Waals surface area (Å²) in [5.41, 5.74) is 1.83. The van der Waals surface area contributed by atoms with Crippen molar-refractivity contribution in [2.75, 3.05) is 7.11 Å². The quantitative estimate of drug-likeness (QED) is 0.388. The fraction of sp³-hybridized carbons (Fsp3) is 0.235. The van der Waals surface area contributed by atoms with E-state index in [0.29, 0.717) is 0 Å². The zero-order valence-electron chi connectivity index (χ0n) is 12.6. The molecule has 0 aromatic heterocycles. The summed E-state index contributed by atoms with van der Waals surface area (Å²) in [6.07, 6.45) is 1.97. The van der Waals surface area contributed by atoms with Gasteiger partial charge in [0.2, 0.25) is 0 Å². The van der Waals surface area contributed by atoms with Crippen LogP contribution in [-0.2, 0) is 0 Å². The second kappa shape index (κ2) is 8.14. The van der Waals surface area contributed by atoms with Gasteiger partial charge in [0.25, 0.3) is 0 Å². The Labute approximate surface area is 158 Å². The third-order valence-corrected chi connectivity index (χ3v) is 4.22. The molecule has 2 aromatic rings. The first kappa shape index (κ1) is 17.5. The smallest absolute Gasteiger partial charge is 0.141 e. The third-order valence-electron chi connectivity index (χ3n) is 2.80. The molecule has 22 heavy (non-hydrogen) atoms. The maximum Gasteiger partial charge on any atom is 0.141 e. The molecule has 5 heteroatoms. The molecular weight excluding hydrogens is 504 g/mol. The summed E-state index contributed by atoms with van der Waals surface area (Å²) in [5, 5.41) is 0. The van der Waals surface area contributed by atoms with Gasteiger partial charge in [-0.25, -0.2) is 0 Å². The van der Waals surface area contributed by atoms with E-state index in [1.165, 1.54) is 0 Å². The van der Waals surface area contributed by atoms with Crippen molar-refractivity contribution in [2.45, 2.75) is 20.0 Å².